The van der Waals surface area contributed by atoms with Gasteiger partial charge in [-0.15, -0.1) is 0 Å². The van der Waals surface area contributed by atoms with Gasteiger partial charge in [-0.3, -0.25) is 9.20 Å². The van der Waals surface area contributed by atoms with Crippen LogP contribution in [0.5, 0.6) is 0 Å². The molecule has 2 aliphatic rings. The van der Waals surface area contributed by atoms with Crippen LogP contribution < -0.4 is 5.32 Å². The quantitative estimate of drug-likeness (QED) is 0.560. The number of hydrogen-bond donors (Lipinski definition) is 1. The number of nitrogens with zero attached hydrogens (tertiary/aromatic N) is 4. The summed E-state index contributed by atoms with van der Waals surface area (Å²) in [4.78, 5) is 24.3. The number of ether oxygens (including phenoxy) is 2. The number of halogens is 3. The second-order valence-corrected chi connectivity index (χ2v) is 9.34. The molecular weight excluding hydrogens is 475 g/mol. The van der Waals surface area contributed by atoms with E-state index in [2.05, 4.69) is 15.3 Å². The van der Waals surface area contributed by atoms with E-state index in [1.54, 1.807) is 37.4 Å². The van der Waals surface area contributed by atoms with Crippen LogP contribution in [0.25, 0.3) is 5.78 Å². The molecule has 192 valence electrons. The van der Waals surface area contributed by atoms with Crippen molar-refractivity contribution in [3.63, 3.8) is 0 Å². The monoisotopic (exact) mass is 503 g/mol. The fourth-order valence-electron chi connectivity index (χ4n) is 5.27. The van der Waals surface area contributed by atoms with Gasteiger partial charge in [0.05, 0.1) is 30.4 Å². The van der Waals surface area contributed by atoms with Gasteiger partial charge in [-0.2, -0.15) is 18.2 Å². The lowest BCUT2D eigenvalue weighted by molar-refractivity contribution is -0.167. The number of imidazole rings is 1. The number of hydrogen-bond acceptors (Lipinski definition) is 6. The maximum absolute atomic E-state index is 13.6. The Hall–Kier alpha value is -3.18. The first kappa shape index (κ1) is 24.5. The minimum absolute atomic E-state index is 0.106. The first-order valence-electron chi connectivity index (χ1n) is 11.8. The summed E-state index contributed by atoms with van der Waals surface area (Å²) in [5.74, 6) is 0.846. The number of methoxy groups -OCH3 is 1. The first-order valence-corrected chi connectivity index (χ1v) is 11.8. The van der Waals surface area contributed by atoms with E-state index in [-0.39, 0.29) is 11.5 Å². The first-order chi connectivity index (χ1) is 17.1. The molecule has 0 spiro atoms. The van der Waals surface area contributed by atoms with Crippen LogP contribution in [0.2, 0.25) is 0 Å². The second-order valence-electron chi connectivity index (χ2n) is 9.34. The number of carbonyl (C=O) groups is 1. The Labute approximate surface area is 206 Å². The summed E-state index contributed by atoms with van der Waals surface area (Å²) in [5, 5.41) is 3.30. The normalized spacial score (nSPS) is 18.3. The maximum Gasteiger partial charge on any atom is 0.416 e. The molecule has 1 saturated heterocycles. The van der Waals surface area contributed by atoms with Crippen molar-refractivity contribution in [3.05, 3.63) is 58.5 Å². The molecule has 3 aromatic rings. The topological polar surface area (TPSA) is 81.0 Å². The van der Waals surface area contributed by atoms with Crippen molar-refractivity contribution >= 4 is 17.5 Å². The molecule has 8 nitrogen and oxygen atoms in total. The van der Waals surface area contributed by atoms with Crippen LogP contribution in [0.3, 0.4) is 0 Å². The van der Waals surface area contributed by atoms with E-state index in [1.807, 2.05) is 4.40 Å². The molecule has 4 heterocycles. The molecule has 11 heteroatoms. The highest BCUT2D eigenvalue weighted by atomic mass is 19.4. The standard InChI is InChI=1S/C25H28F3N5O3/c1-15-17(5-4-6-19(15)25(26,27)28)16(2)30-21-18-13-32(14-20(18)33-10-9-29-23(33)31-21)22(34)24(35-3)7-11-36-12-8-24/h4-6,9-10,16H,7-8,11-14H2,1-3H3,(H,29,30,31)/t16-/m1/s1. The number of rotatable bonds is 5. The summed E-state index contributed by atoms with van der Waals surface area (Å²) < 4.78 is 53.4. The Morgan fingerprint density at radius 3 is 2.69 bits per heavy atom. The van der Waals surface area contributed by atoms with Crippen LogP contribution >= 0.6 is 0 Å². The van der Waals surface area contributed by atoms with Gasteiger partial charge in [-0.1, -0.05) is 12.1 Å². The Balaban J connectivity index is 1.48. The van der Waals surface area contributed by atoms with Crippen molar-refractivity contribution in [2.45, 2.75) is 57.6 Å². The molecule has 1 amide bonds. The lowest BCUT2D eigenvalue weighted by Crippen LogP contribution is -2.51. The third kappa shape index (κ3) is 4.09. The van der Waals surface area contributed by atoms with Crippen LogP contribution in [0.1, 0.15) is 53.8 Å². The van der Waals surface area contributed by atoms with Crippen LogP contribution in [0.15, 0.2) is 30.6 Å². The maximum atomic E-state index is 13.6. The third-order valence-electron chi connectivity index (χ3n) is 7.32. The predicted molar refractivity (Wildman–Crippen MR) is 125 cm³/mol. The van der Waals surface area contributed by atoms with Crippen LogP contribution in [-0.4, -0.2) is 51.1 Å². The molecule has 1 fully saturated rings. The number of benzene rings is 1. The molecular formula is C25H28F3N5O3. The summed E-state index contributed by atoms with van der Waals surface area (Å²) in [7, 11) is 1.55. The van der Waals surface area contributed by atoms with E-state index in [1.165, 1.54) is 13.0 Å². The average Bonchev–Trinajstić information content (AvgIpc) is 3.50. The molecule has 0 radical (unpaired) electrons. The smallest absolute Gasteiger partial charge is 0.381 e. The number of carbonyl (C=O) groups excluding carboxylic acids is 1. The Bertz CT molecular complexity index is 1300. The molecule has 1 N–H and O–H groups in total. The van der Waals surface area contributed by atoms with Crippen LogP contribution in [0, 0.1) is 6.92 Å². The van der Waals surface area contributed by atoms with E-state index in [4.69, 9.17) is 9.47 Å². The van der Waals surface area contributed by atoms with Crippen molar-refractivity contribution in [3.8, 4) is 0 Å². The number of amides is 1. The Kier molecular flexibility index (Phi) is 6.16. The van der Waals surface area contributed by atoms with Gasteiger partial charge in [-0.25, -0.2) is 4.98 Å². The number of anilines is 1. The minimum atomic E-state index is -4.43. The van der Waals surface area contributed by atoms with Gasteiger partial charge in [0.25, 0.3) is 5.91 Å². The lowest BCUT2D eigenvalue weighted by atomic mass is 9.92. The molecule has 0 aliphatic carbocycles. The molecule has 1 aromatic carbocycles. The van der Waals surface area contributed by atoms with E-state index in [0.29, 0.717) is 56.3 Å². The molecule has 0 saturated carbocycles. The molecule has 2 aliphatic heterocycles. The molecule has 0 unspecified atom stereocenters. The van der Waals surface area contributed by atoms with Crippen molar-refractivity contribution in [1.82, 2.24) is 19.3 Å². The summed E-state index contributed by atoms with van der Waals surface area (Å²) in [6.07, 6.45) is -0.0572. The highest BCUT2D eigenvalue weighted by molar-refractivity contribution is 5.86. The highest BCUT2D eigenvalue weighted by Crippen LogP contribution is 2.37. The van der Waals surface area contributed by atoms with E-state index in [0.717, 1.165) is 17.3 Å². The molecule has 36 heavy (non-hydrogen) atoms. The predicted octanol–water partition coefficient (Wildman–Crippen LogP) is 4.27. The zero-order valence-electron chi connectivity index (χ0n) is 20.4. The van der Waals surface area contributed by atoms with Gasteiger partial charge in [0.1, 0.15) is 5.82 Å². The Morgan fingerprint density at radius 1 is 1.25 bits per heavy atom. The van der Waals surface area contributed by atoms with Crippen molar-refractivity contribution in [2.75, 3.05) is 25.6 Å². The summed E-state index contributed by atoms with van der Waals surface area (Å²) in [6, 6.07) is 3.72. The average molecular weight is 504 g/mol. The van der Waals surface area contributed by atoms with Gasteiger partial charge in [-0.05, 0) is 31.0 Å². The fraction of sp³-hybridized carbons (Fsp3) is 0.480. The van der Waals surface area contributed by atoms with Gasteiger partial charge in [0.15, 0.2) is 5.60 Å². The summed E-state index contributed by atoms with van der Waals surface area (Å²) in [6.45, 7) is 4.83. The molecule has 1 atom stereocenters. The van der Waals surface area contributed by atoms with Crippen molar-refractivity contribution in [2.24, 2.45) is 0 Å². The highest BCUT2D eigenvalue weighted by Gasteiger charge is 2.45. The number of nitrogens with one attached hydrogen (secondary N) is 1. The second kappa shape index (κ2) is 9.04. The van der Waals surface area contributed by atoms with Gasteiger partial charge >= 0.3 is 6.18 Å². The van der Waals surface area contributed by atoms with E-state index < -0.39 is 23.4 Å². The SMILES string of the molecule is COC1(C(=O)N2Cc3c(N[C@H](C)c4cccc(C(F)(F)F)c4C)nc4nccn4c3C2)CCOCC1. The summed E-state index contributed by atoms with van der Waals surface area (Å²) >= 11 is 0. The number of aromatic nitrogens is 3. The fourth-order valence-corrected chi connectivity index (χ4v) is 5.27. The lowest BCUT2D eigenvalue weighted by Gasteiger charge is -2.37. The zero-order chi connectivity index (χ0) is 25.7. The van der Waals surface area contributed by atoms with E-state index >= 15 is 0 Å². The molecule has 5 rings (SSSR count). The number of alkyl halides is 3. The Morgan fingerprint density at radius 2 is 2.00 bits per heavy atom. The van der Waals surface area contributed by atoms with Crippen LogP contribution in [-0.2, 0) is 33.5 Å². The molecule has 2 aromatic heterocycles. The van der Waals surface area contributed by atoms with Gasteiger partial charge in [0, 0.05) is 51.1 Å². The molecule has 0 bridgehead atoms. The summed E-state index contributed by atoms with van der Waals surface area (Å²) in [5.41, 5.74) is 0.770. The zero-order valence-corrected chi connectivity index (χ0v) is 20.4. The van der Waals surface area contributed by atoms with Crippen molar-refractivity contribution in [1.29, 1.82) is 0 Å². The van der Waals surface area contributed by atoms with E-state index in [9.17, 15) is 18.0 Å². The largest absolute Gasteiger partial charge is 0.416 e. The third-order valence-corrected chi connectivity index (χ3v) is 7.32. The van der Waals surface area contributed by atoms with Crippen molar-refractivity contribution < 1.29 is 27.4 Å². The van der Waals surface area contributed by atoms with Crippen LogP contribution in [0.4, 0.5) is 19.0 Å². The van der Waals surface area contributed by atoms with Gasteiger partial charge < -0.3 is 19.7 Å². The minimum Gasteiger partial charge on any atom is -0.381 e. The van der Waals surface area contributed by atoms with Gasteiger partial charge in [0.2, 0.25) is 5.78 Å². The number of fused-ring (bicyclic) bond motifs is 3.